The summed E-state index contributed by atoms with van der Waals surface area (Å²) in [4.78, 5) is 17.8. The summed E-state index contributed by atoms with van der Waals surface area (Å²) in [7, 11) is 1.64. The summed E-state index contributed by atoms with van der Waals surface area (Å²) >= 11 is 7.63. The standard InChI is InChI=1S/C21H18ClNO2S/c1-25-18-6-2-16(3-7-18)21(26-19-8-4-17(22)5-9-19)14-20(24)15-10-12-23-13-11-15/h2-13,21H,14H2,1H3/t21-/m1/s1. The number of pyridine rings is 1. The molecule has 0 amide bonds. The van der Waals surface area contributed by atoms with Crippen LogP contribution in [0.25, 0.3) is 0 Å². The predicted octanol–water partition coefficient (Wildman–Crippen LogP) is 5.85. The Balaban J connectivity index is 1.84. The number of halogens is 1. The van der Waals surface area contributed by atoms with Gasteiger partial charge in [0, 0.05) is 39.5 Å². The summed E-state index contributed by atoms with van der Waals surface area (Å²) in [5, 5.41) is 0.686. The number of benzene rings is 2. The third kappa shape index (κ3) is 4.87. The molecule has 0 aliphatic heterocycles. The van der Waals surface area contributed by atoms with Crippen molar-refractivity contribution in [1.82, 2.24) is 4.98 Å². The van der Waals surface area contributed by atoms with Gasteiger partial charge in [0.25, 0.3) is 0 Å². The maximum atomic E-state index is 12.7. The molecular formula is C21H18ClNO2S. The van der Waals surface area contributed by atoms with Gasteiger partial charge in [-0.2, -0.15) is 0 Å². The van der Waals surface area contributed by atoms with Gasteiger partial charge in [0.1, 0.15) is 5.75 Å². The number of hydrogen-bond acceptors (Lipinski definition) is 4. The number of rotatable bonds is 7. The van der Waals surface area contributed by atoms with Crippen molar-refractivity contribution in [3.63, 3.8) is 0 Å². The highest BCUT2D eigenvalue weighted by atomic mass is 35.5. The van der Waals surface area contributed by atoms with Gasteiger partial charge in [-0.1, -0.05) is 23.7 Å². The van der Waals surface area contributed by atoms with Gasteiger partial charge in [-0.05, 0) is 54.1 Å². The summed E-state index contributed by atoms with van der Waals surface area (Å²) in [5.74, 6) is 0.888. The highest BCUT2D eigenvalue weighted by molar-refractivity contribution is 7.99. The van der Waals surface area contributed by atoms with Crippen molar-refractivity contribution in [1.29, 1.82) is 0 Å². The smallest absolute Gasteiger partial charge is 0.164 e. The predicted molar refractivity (Wildman–Crippen MR) is 106 cm³/mol. The number of methoxy groups -OCH3 is 1. The molecule has 3 nitrogen and oxygen atoms in total. The number of carbonyl (C=O) groups excluding carboxylic acids is 1. The van der Waals surface area contributed by atoms with E-state index in [0.717, 1.165) is 16.2 Å². The molecule has 2 aromatic carbocycles. The Kier molecular flexibility index (Phi) is 6.31. The number of carbonyl (C=O) groups is 1. The molecule has 0 radical (unpaired) electrons. The van der Waals surface area contributed by atoms with Crippen molar-refractivity contribution in [2.24, 2.45) is 0 Å². The van der Waals surface area contributed by atoms with Crippen molar-refractivity contribution < 1.29 is 9.53 Å². The number of hydrogen-bond donors (Lipinski definition) is 0. The molecule has 5 heteroatoms. The van der Waals surface area contributed by atoms with Gasteiger partial charge in [-0.15, -0.1) is 11.8 Å². The van der Waals surface area contributed by atoms with Crippen LogP contribution in [0.5, 0.6) is 5.75 Å². The molecule has 1 atom stereocenters. The van der Waals surface area contributed by atoms with Crippen LogP contribution in [-0.4, -0.2) is 17.9 Å². The maximum Gasteiger partial charge on any atom is 0.164 e. The van der Waals surface area contributed by atoms with Gasteiger partial charge in [-0.25, -0.2) is 0 Å². The van der Waals surface area contributed by atoms with Crippen molar-refractivity contribution in [2.45, 2.75) is 16.6 Å². The van der Waals surface area contributed by atoms with E-state index in [-0.39, 0.29) is 11.0 Å². The molecule has 1 heterocycles. The fraction of sp³-hybridized carbons (Fsp3) is 0.143. The highest BCUT2D eigenvalue weighted by Crippen LogP contribution is 2.39. The van der Waals surface area contributed by atoms with E-state index in [1.165, 1.54) is 0 Å². The van der Waals surface area contributed by atoms with E-state index in [1.807, 2.05) is 48.5 Å². The number of ether oxygens (including phenoxy) is 1. The van der Waals surface area contributed by atoms with Crippen molar-refractivity contribution >= 4 is 29.1 Å². The lowest BCUT2D eigenvalue weighted by Gasteiger charge is -2.17. The van der Waals surface area contributed by atoms with Crippen LogP contribution in [0.15, 0.2) is 78.0 Å². The Morgan fingerprint density at radius 2 is 1.69 bits per heavy atom. The second-order valence-electron chi connectivity index (χ2n) is 5.70. The Morgan fingerprint density at radius 1 is 1.04 bits per heavy atom. The molecule has 0 spiro atoms. The third-order valence-corrected chi connectivity index (χ3v) is 5.47. The minimum Gasteiger partial charge on any atom is -0.497 e. The maximum absolute atomic E-state index is 12.7. The van der Waals surface area contributed by atoms with Crippen LogP contribution in [0.1, 0.15) is 27.6 Å². The van der Waals surface area contributed by atoms with E-state index in [4.69, 9.17) is 16.3 Å². The fourth-order valence-corrected chi connectivity index (χ4v) is 3.82. The van der Waals surface area contributed by atoms with E-state index >= 15 is 0 Å². The molecule has 0 aliphatic carbocycles. The van der Waals surface area contributed by atoms with E-state index < -0.39 is 0 Å². The normalized spacial score (nSPS) is 11.8. The fourth-order valence-electron chi connectivity index (χ4n) is 2.55. The lowest BCUT2D eigenvalue weighted by atomic mass is 10.0. The molecule has 0 saturated carbocycles. The van der Waals surface area contributed by atoms with Crippen molar-refractivity contribution in [3.05, 3.63) is 89.2 Å². The Labute approximate surface area is 162 Å². The van der Waals surface area contributed by atoms with Gasteiger partial charge in [0.2, 0.25) is 0 Å². The highest BCUT2D eigenvalue weighted by Gasteiger charge is 2.19. The first-order valence-corrected chi connectivity index (χ1v) is 9.41. The minimum atomic E-state index is -0.0113. The van der Waals surface area contributed by atoms with Gasteiger partial charge in [0.05, 0.1) is 7.11 Å². The summed E-state index contributed by atoms with van der Waals surface area (Å²) in [6.07, 6.45) is 3.67. The largest absolute Gasteiger partial charge is 0.497 e. The van der Waals surface area contributed by atoms with Gasteiger partial charge in [-0.3, -0.25) is 9.78 Å². The molecule has 3 aromatic rings. The van der Waals surface area contributed by atoms with Crippen LogP contribution < -0.4 is 4.74 Å². The van der Waals surface area contributed by atoms with Crippen LogP contribution in [0.4, 0.5) is 0 Å². The second-order valence-corrected chi connectivity index (χ2v) is 7.41. The third-order valence-electron chi connectivity index (χ3n) is 3.95. The van der Waals surface area contributed by atoms with E-state index in [2.05, 4.69) is 4.98 Å². The average Bonchev–Trinajstić information content (AvgIpc) is 2.70. The monoisotopic (exact) mass is 383 g/mol. The van der Waals surface area contributed by atoms with Crippen LogP contribution in [0.2, 0.25) is 5.02 Å². The molecule has 0 fully saturated rings. The quantitative estimate of drug-likeness (QED) is 0.379. The number of thioether (sulfide) groups is 1. The van der Waals surface area contributed by atoms with Crippen molar-refractivity contribution in [2.75, 3.05) is 7.11 Å². The second kappa shape index (κ2) is 8.88. The van der Waals surface area contributed by atoms with E-state index in [1.54, 1.807) is 43.4 Å². The van der Waals surface area contributed by atoms with Gasteiger partial charge < -0.3 is 4.74 Å². The van der Waals surface area contributed by atoms with Gasteiger partial charge in [0.15, 0.2) is 5.78 Å². The topological polar surface area (TPSA) is 39.2 Å². The molecule has 132 valence electrons. The summed E-state index contributed by atoms with van der Waals surface area (Å²) < 4.78 is 5.24. The van der Waals surface area contributed by atoms with Crippen LogP contribution in [0.3, 0.4) is 0 Å². The zero-order valence-electron chi connectivity index (χ0n) is 14.3. The lowest BCUT2D eigenvalue weighted by molar-refractivity contribution is 0.0982. The Morgan fingerprint density at radius 3 is 2.31 bits per heavy atom. The number of aromatic nitrogens is 1. The number of nitrogens with zero attached hydrogens (tertiary/aromatic N) is 1. The molecule has 0 aliphatic rings. The minimum absolute atomic E-state index is 0.0113. The molecule has 3 rings (SSSR count). The zero-order chi connectivity index (χ0) is 18.4. The van der Waals surface area contributed by atoms with Crippen LogP contribution >= 0.6 is 23.4 Å². The first-order valence-electron chi connectivity index (χ1n) is 8.15. The van der Waals surface area contributed by atoms with E-state index in [0.29, 0.717) is 17.0 Å². The molecular weight excluding hydrogens is 366 g/mol. The van der Waals surface area contributed by atoms with Crippen LogP contribution in [-0.2, 0) is 0 Å². The summed E-state index contributed by atoms with van der Waals surface area (Å²) in [6.45, 7) is 0. The SMILES string of the molecule is COc1ccc([C@@H](CC(=O)c2ccncc2)Sc2ccc(Cl)cc2)cc1. The molecule has 1 aromatic heterocycles. The number of Topliss-reactive ketones (excluding diaryl/α,β-unsaturated/α-hetero) is 1. The Hall–Kier alpha value is -2.30. The lowest BCUT2D eigenvalue weighted by Crippen LogP contribution is -2.05. The summed E-state index contributed by atoms with van der Waals surface area (Å²) in [6, 6.07) is 19.0. The Bertz CT molecular complexity index is 851. The molecule has 0 unspecified atom stereocenters. The molecule has 26 heavy (non-hydrogen) atoms. The zero-order valence-corrected chi connectivity index (χ0v) is 15.8. The average molecular weight is 384 g/mol. The summed E-state index contributed by atoms with van der Waals surface area (Å²) in [5.41, 5.74) is 1.75. The molecule has 0 saturated heterocycles. The molecule has 0 N–H and O–H groups in total. The molecule has 0 bridgehead atoms. The van der Waals surface area contributed by atoms with Crippen molar-refractivity contribution in [3.8, 4) is 5.75 Å². The first-order chi connectivity index (χ1) is 12.7. The first kappa shape index (κ1) is 18.5. The number of ketones is 1. The van der Waals surface area contributed by atoms with Crippen LogP contribution in [0, 0.1) is 0 Å². The van der Waals surface area contributed by atoms with E-state index in [9.17, 15) is 4.79 Å². The van der Waals surface area contributed by atoms with Gasteiger partial charge >= 0.3 is 0 Å².